The fraction of sp³-hybridized carbons (Fsp3) is 0.462. The number of nitrogens with one attached hydrogen (secondary N) is 1. The Kier molecular flexibility index (Phi) is 5.66. The average molecular weight is 236 g/mol. The monoisotopic (exact) mass is 236 g/mol. The fourth-order valence-corrected chi connectivity index (χ4v) is 1.43. The Morgan fingerprint density at radius 2 is 2.00 bits per heavy atom. The predicted octanol–water partition coefficient (Wildman–Crippen LogP) is 0.788. The summed E-state index contributed by atoms with van der Waals surface area (Å²) in [4.78, 5) is 12.8. The second-order valence-electron chi connectivity index (χ2n) is 4.18. The smallest absolute Gasteiger partial charge is 0.236 e. The van der Waals surface area contributed by atoms with Gasteiger partial charge in [0, 0.05) is 14.1 Å². The normalized spacial score (nSPS) is 12.2. The highest BCUT2D eigenvalue weighted by molar-refractivity contribution is 5.77. The van der Waals surface area contributed by atoms with Gasteiger partial charge in [-0.05, 0) is 18.5 Å². The van der Waals surface area contributed by atoms with E-state index in [1.807, 2.05) is 30.3 Å². The van der Waals surface area contributed by atoms with Crippen molar-refractivity contribution in [1.82, 2.24) is 10.2 Å². The van der Waals surface area contributed by atoms with Crippen LogP contribution in [-0.2, 0) is 4.79 Å². The second-order valence-corrected chi connectivity index (χ2v) is 4.18. The number of carbonyl (C=O) groups is 1. The number of carbonyl (C=O) groups excluding carboxylic acids is 1. The van der Waals surface area contributed by atoms with E-state index in [1.54, 1.807) is 19.0 Å². The van der Waals surface area contributed by atoms with Gasteiger partial charge in [-0.3, -0.25) is 4.79 Å². The van der Waals surface area contributed by atoms with Crippen molar-refractivity contribution in [1.29, 1.82) is 0 Å². The van der Waals surface area contributed by atoms with Crippen LogP contribution in [0.3, 0.4) is 0 Å². The van der Waals surface area contributed by atoms with Gasteiger partial charge in [0.05, 0.1) is 12.6 Å². The summed E-state index contributed by atoms with van der Waals surface area (Å²) >= 11 is 0. The number of benzene rings is 1. The first kappa shape index (κ1) is 13.7. The summed E-state index contributed by atoms with van der Waals surface area (Å²) < 4.78 is 0. The maximum Gasteiger partial charge on any atom is 0.236 e. The summed E-state index contributed by atoms with van der Waals surface area (Å²) in [5.41, 5.74) is 0.910. The molecule has 0 aliphatic heterocycles. The van der Waals surface area contributed by atoms with Crippen LogP contribution >= 0.6 is 0 Å². The maximum atomic E-state index is 11.3. The minimum atomic E-state index is -0.474. The van der Waals surface area contributed by atoms with Crippen molar-refractivity contribution in [2.75, 3.05) is 27.2 Å². The highest BCUT2D eigenvalue weighted by Gasteiger charge is 2.07. The molecule has 1 rings (SSSR count). The van der Waals surface area contributed by atoms with Crippen LogP contribution in [0.25, 0.3) is 0 Å². The van der Waals surface area contributed by atoms with Crippen molar-refractivity contribution in [3.05, 3.63) is 35.9 Å². The van der Waals surface area contributed by atoms with Crippen LogP contribution in [0.1, 0.15) is 18.1 Å². The molecule has 0 bridgehead atoms. The van der Waals surface area contributed by atoms with Crippen LogP contribution < -0.4 is 5.32 Å². The first-order chi connectivity index (χ1) is 8.11. The number of hydrogen-bond donors (Lipinski definition) is 2. The molecular formula is C13H20N2O2. The molecule has 0 heterocycles. The molecule has 4 heteroatoms. The van der Waals surface area contributed by atoms with Crippen LogP contribution in [0, 0.1) is 0 Å². The lowest BCUT2D eigenvalue weighted by atomic mass is 10.1. The highest BCUT2D eigenvalue weighted by Crippen LogP contribution is 2.14. The van der Waals surface area contributed by atoms with Crippen molar-refractivity contribution >= 4 is 5.91 Å². The zero-order valence-electron chi connectivity index (χ0n) is 10.4. The molecule has 0 spiro atoms. The topological polar surface area (TPSA) is 52.6 Å². The molecular weight excluding hydrogens is 216 g/mol. The first-order valence-electron chi connectivity index (χ1n) is 5.75. The van der Waals surface area contributed by atoms with E-state index in [1.165, 1.54) is 0 Å². The van der Waals surface area contributed by atoms with E-state index in [9.17, 15) is 9.90 Å². The van der Waals surface area contributed by atoms with E-state index in [-0.39, 0.29) is 5.91 Å². The van der Waals surface area contributed by atoms with Gasteiger partial charge in [0.2, 0.25) is 5.91 Å². The number of aliphatic hydroxyl groups excluding tert-OH is 1. The van der Waals surface area contributed by atoms with Crippen LogP contribution in [0.4, 0.5) is 0 Å². The van der Waals surface area contributed by atoms with Crippen molar-refractivity contribution in [2.45, 2.75) is 12.5 Å². The Morgan fingerprint density at radius 1 is 1.35 bits per heavy atom. The van der Waals surface area contributed by atoms with E-state index in [2.05, 4.69) is 5.32 Å². The molecule has 17 heavy (non-hydrogen) atoms. The van der Waals surface area contributed by atoms with Gasteiger partial charge in [0.25, 0.3) is 0 Å². The van der Waals surface area contributed by atoms with E-state index in [4.69, 9.17) is 0 Å². The number of nitrogens with zero attached hydrogens (tertiary/aromatic N) is 1. The summed E-state index contributed by atoms with van der Waals surface area (Å²) in [6.45, 7) is 0.935. The number of hydrogen-bond acceptors (Lipinski definition) is 3. The van der Waals surface area contributed by atoms with Gasteiger partial charge < -0.3 is 15.3 Å². The lowest BCUT2D eigenvalue weighted by molar-refractivity contribution is -0.127. The molecule has 1 amide bonds. The zero-order chi connectivity index (χ0) is 12.7. The second kappa shape index (κ2) is 7.04. The summed E-state index contributed by atoms with van der Waals surface area (Å²) in [7, 11) is 3.45. The molecule has 0 radical (unpaired) electrons. The summed E-state index contributed by atoms with van der Waals surface area (Å²) in [5.74, 6) is 0.0409. The molecule has 0 saturated carbocycles. The van der Waals surface area contributed by atoms with Crippen LogP contribution in [-0.4, -0.2) is 43.1 Å². The molecule has 94 valence electrons. The predicted molar refractivity (Wildman–Crippen MR) is 67.6 cm³/mol. The number of rotatable bonds is 6. The van der Waals surface area contributed by atoms with Crippen LogP contribution in [0.15, 0.2) is 30.3 Å². The van der Waals surface area contributed by atoms with Crippen LogP contribution in [0.2, 0.25) is 0 Å². The van der Waals surface area contributed by atoms with Gasteiger partial charge in [-0.2, -0.15) is 0 Å². The molecule has 2 N–H and O–H groups in total. The molecule has 0 aromatic heterocycles. The Bertz CT molecular complexity index is 339. The van der Waals surface area contributed by atoms with Crippen molar-refractivity contribution in [2.24, 2.45) is 0 Å². The lowest BCUT2D eigenvalue weighted by Crippen LogP contribution is -2.33. The molecule has 1 aromatic carbocycles. The van der Waals surface area contributed by atoms with E-state index in [0.717, 1.165) is 5.56 Å². The number of likely N-dealkylation sites (N-methyl/N-ethyl adjacent to an activating group) is 1. The highest BCUT2D eigenvalue weighted by atomic mass is 16.3. The summed E-state index contributed by atoms with van der Waals surface area (Å²) in [6.07, 6.45) is 0.128. The third-order valence-corrected chi connectivity index (χ3v) is 2.55. The van der Waals surface area contributed by atoms with Crippen molar-refractivity contribution in [3.8, 4) is 0 Å². The van der Waals surface area contributed by atoms with Crippen LogP contribution in [0.5, 0.6) is 0 Å². The van der Waals surface area contributed by atoms with Gasteiger partial charge >= 0.3 is 0 Å². The van der Waals surface area contributed by atoms with Gasteiger partial charge in [-0.15, -0.1) is 0 Å². The van der Waals surface area contributed by atoms with Crippen molar-refractivity contribution in [3.63, 3.8) is 0 Å². The molecule has 1 aromatic rings. The third kappa shape index (κ3) is 4.97. The third-order valence-electron chi connectivity index (χ3n) is 2.55. The summed E-state index contributed by atoms with van der Waals surface area (Å²) in [6, 6.07) is 9.53. The quantitative estimate of drug-likeness (QED) is 0.718. The lowest BCUT2D eigenvalue weighted by Gasteiger charge is -2.13. The molecule has 0 saturated heterocycles. The molecule has 0 unspecified atom stereocenters. The molecule has 4 nitrogen and oxygen atoms in total. The Balaban J connectivity index is 2.21. The van der Waals surface area contributed by atoms with Gasteiger partial charge in [-0.25, -0.2) is 0 Å². The Labute approximate surface area is 102 Å². The van der Waals surface area contributed by atoms with E-state index in [0.29, 0.717) is 19.5 Å². The standard InChI is InChI=1S/C13H20N2O2/c1-15(2)13(17)10-14-9-8-12(16)11-6-4-3-5-7-11/h3-7,12,14,16H,8-10H2,1-2H3/t12-/m1/s1. The average Bonchev–Trinajstić information content (AvgIpc) is 2.35. The molecule has 0 fully saturated rings. The Hall–Kier alpha value is -1.39. The minimum Gasteiger partial charge on any atom is -0.388 e. The Morgan fingerprint density at radius 3 is 2.59 bits per heavy atom. The first-order valence-corrected chi connectivity index (χ1v) is 5.75. The van der Waals surface area contributed by atoms with Crippen molar-refractivity contribution < 1.29 is 9.90 Å². The zero-order valence-corrected chi connectivity index (χ0v) is 10.4. The molecule has 0 aliphatic carbocycles. The van der Waals surface area contributed by atoms with E-state index < -0.39 is 6.10 Å². The number of amides is 1. The van der Waals surface area contributed by atoms with E-state index >= 15 is 0 Å². The van der Waals surface area contributed by atoms with Gasteiger partial charge in [-0.1, -0.05) is 30.3 Å². The summed E-state index contributed by atoms with van der Waals surface area (Å²) in [5, 5.41) is 12.9. The number of aliphatic hydroxyl groups is 1. The van der Waals surface area contributed by atoms with Gasteiger partial charge in [0.1, 0.15) is 0 Å². The minimum absolute atomic E-state index is 0.0409. The fourth-order valence-electron chi connectivity index (χ4n) is 1.43. The van der Waals surface area contributed by atoms with Gasteiger partial charge in [0.15, 0.2) is 0 Å². The molecule has 1 atom stereocenters. The SMILES string of the molecule is CN(C)C(=O)CNCC[C@@H](O)c1ccccc1. The largest absolute Gasteiger partial charge is 0.388 e. The molecule has 0 aliphatic rings. The maximum absolute atomic E-state index is 11.3.